The maximum absolute atomic E-state index is 11.5. The number of anilines is 3. The first-order valence-electron chi connectivity index (χ1n) is 11.7. The number of ether oxygens (including phenoxy) is 1. The van der Waals surface area contributed by atoms with E-state index in [4.69, 9.17) is 4.74 Å². The molecule has 0 unspecified atom stereocenters. The molecule has 5 rings (SSSR count). The maximum Gasteiger partial charge on any atom is 0.207 e. The minimum Gasteiger partial charge on any atom is -0.497 e. The van der Waals surface area contributed by atoms with Gasteiger partial charge in [0, 0.05) is 26.4 Å². The Hall–Kier alpha value is -4.93. The number of amides is 1. The van der Waals surface area contributed by atoms with Crippen LogP contribution in [0.3, 0.4) is 0 Å². The van der Waals surface area contributed by atoms with Crippen LogP contribution in [0, 0.1) is 0 Å². The van der Waals surface area contributed by atoms with Crippen LogP contribution in [0.25, 0.3) is 16.8 Å². The second kappa shape index (κ2) is 10.4. The van der Waals surface area contributed by atoms with Gasteiger partial charge in [0.2, 0.25) is 6.41 Å². The zero-order chi connectivity index (χ0) is 25.8. The first-order valence-corrected chi connectivity index (χ1v) is 11.7. The van der Waals surface area contributed by atoms with Crippen LogP contribution < -0.4 is 20.7 Å². The van der Waals surface area contributed by atoms with E-state index in [1.165, 1.54) is 0 Å². The Balaban J connectivity index is 1.49. The van der Waals surface area contributed by atoms with E-state index in [0.29, 0.717) is 30.1 Å². The van der Waals surface area contributed by atoms with Gasteiger partial charge in [0.15, 0.2) is 11.5 Å². The predicted molar refractivity (Wildman–Crippen MR) is 141 cm³/mol. The summed E-state index contributed by atoms with van der Waals surface area (Å²) in [4.78, 5) is 15.9. The van der Waals surface area contributed by atoms with Crippen LogP contribution in [0.5, 0.6) is 5.75 Å². The summed E-state index contributed by atoms with van der Waals surface area (Å²) in [5, 5.41) is 22.5. The first-order chi connectivity index (χ1) is 18.1. The molecular formula is C26H27N9O2. The summed E-state index contributed by atoms with van der Waals surface area (Å²) in [5.41, 5.74) is 3.59. The Labute approximate surface area is 213 Å². The Morgan fingerprint density at radius 3 is 2.54 bits per heavy atom. The van der Waals surface area contributed by atoms with Crippen molar-refractivity contribution in [2.75, 3.05) is 24.8 Å². The maximum atomic E-state index is 11.5. The molecule has 11 nitrogen and oxygen atoms in total. The van der Waals surface area contributed by atoms with Crippen LogP contribution in [0.2, 0.25) is 0 Å². The van der Waals surface area contributed by atoms with Gasteiger partial charge in [-0.1, -0.05) is 12.1 Å². The molecule has 4 heterocycles. The molecule has 11 heteroatoms. The molecule has 0 bridgehead atoms. The summed E-state index contributed by atoms with van der Waals surface area (Å²) in [7, 11) is 5.34. The molecule has 5 aromatic rings. The Morgan fingerprint density at radius 1 is 1.00 bits per heavy atom. The lowest BCUT2D eigenvalue weighted by atomic mass is 10.0. The lowest BCUT2D eigenvalue weighted by Crippen LogP contribution is -2.24. The minimum atomic E-state index is -0.380. The summed E-state index contributed by atoms with van der Waals surface area (Å²) in [6, 6.07) is 17.1. The molecule has 0 radical (unpaired) electrons. The highest BCUT2D eigenvalue weighted by molar-refractivity contribution is 5.74. The fraction of sp³-hybridized carbons (Fsp3) is 0.192. The van der Waals surface area contributed by atoms with Crippen molar-refractivity contribution < 1.29 is 9.53 Å². The summed E-state index contributed by atoms with van der Waals surface area (Å²) in [5.74, 6) is 3.73. The fourth-order valence-corrected chi connectivity index (χ4v) is 4.23. The van der Waals surface area contributed by atoms with Gasteiger partial charge in [-0.05, 0) is 59.5 Å². The van der Waals surface area contributed by atoms with Crippen LogP contribution in [-0.2, 0) is 18.3 Å². The van der Waals surface area contributed by atoms with Crippen molar-refractivity contribution in [2.24, 2.45) is 7.05 Å². The number of carbonyl (C=O) groups excluding carboxylic acids is 1. The molecule has 37 heavy (non-hydrogen) atoms. The van der Waals surface area contributed by atoms with E-state index in [2.05, 4.69) is 36.2 Å². The third-order valence-electron chi connectivity index (χ3n) is 6.14. The van der Waals surface area contributed by atoms with Crippen molar-refractivity contribution in [1.82, 2.24) is 34.7 Å². The van der Waals surface area contributed by atoms with Crippen LogP contribution >= 0.6 is 0 Å². The van der Waals surface area contributed by atoms with Gasteiger partial charge in [-0.2, -0.15) is 5.10 Å². The molecule has 0 fully saturated rings. The van der Waals surface area contributed by atoms with Crippen molar-refractivity contribution in [3.05, 3.63) is 78.4 Å². The van der Waals surface area contributed by atoms with E-state index in [9.17, 15) is 4.79 Å². The largest absolute Gasteiger partial charge is 0.497 e. The lowest BCUT2D eigenvalue weighted by Gasteiger charge is -2.17. The quantitative estimate of drug-likeness (QED) is 0.251. The van der Waals surface area contributed by atoms with E-state index in [0.717, 1.165) is 34.1 Å². The highest BCUT2D eigenvalue weighted by Crippen LogP contribution is 2.29. The van der Waals surface area contributed by atoms with Crippen molar-refractivity contribution in [3.8, 4) is 16.9 Å². The molecule has 3 N–H and O–H groups in total. The highest BCUT2D eigenvalue weighted by atomic mass is 16.5. The SMILES string of the molecule is CNc1cc(-c2ccnc(Nc3ccnn3C)c2)cc2nnc([C@@H](Cc3ccc(OC)cc3)NC=O)n12. The number of nitrogens with zero attached hydrogens (tertiary/aromatic N) is 6. The van der Waals surface area contributed by atoms with E-state index in [-0.39, 0.29) is 6.04 Å². The molecule has 0 spiro atoms. The number of hydrogen-bond acceptors (Lipinski definition) is 8. The van der Waals surface area contributed by atoms with Crippen molar-refractivity contribution in [2.45, 2.75) is 12.5 Å². The number of methoxy groups -OCH3 is 1. The average molecular weight is 498 g/mol. The molecule has 1 amide bonds. The fourth-order valence-electron chi connectivity index (χ4n) is 4.23. The monoisotopic (exact) mass is 497 g/mol. The second-order valence-electron chi connectivity index (χ2n) is 8.42. The number of fused-ring (bicyclic) bond motifs is 1. The number of aromatic nitrogens is 6. The summed E-state index contributed by atoms with van der Waals surface area (Å²) in [6.07, 6.45) is 4.72. The van der Waals surface area contributed by atoms with E-state index in [1.54, 1.807) is 24.2 Å². The number of benzene rings is 1. The van der Waals surface area contributed by atoms with Crippen LogP contribution in [0.4, 0.5) is 17.5 Å². The lowest BCUT2D eigenvalue weighted by molar-refractivity contribution is -0.110. The first kappa shape index (κ1) is 23.8. The number of nitrogens with one attached hydrogen (secondary N) is 3. The van der Waals surface area contributed by atoms with Crippen molar-refractivity contribution in [3.63, 3.8) is 0 Å². The molecule has 1 aromatic carbocycles. The molecule has 0 saturated heterocycles. The molecule has 0 saturated carbocycles. The van der Waals surface area contributed by atoms with Gasteiger partial charge in [0.25, 0.3) is 0 Å². The molecule has 0 aliphatic carbocycles. The average Bonchev–Trinajstić information content (AvgIpc) is 3.54. The zero-order valence-electron chi connectivity index (χ0n) is 20.7. The van der Waals surface area contributed by atoms with Crippen molar-refractivity contribution in [1.29, 1.82) is 0 Å². The number of hydrogen-bond donors (Lipinski definition) is 3. The topological polar surface area (TPSA) is 123 Å². The predicted octanol–water partition coefficient (Wildman–Crippen LogP) is 3.35. The molecule has 0 aliphatic heterocycles. The number of aryl methyl sites for hydroxylation is 1. The molecule has 0 aliphatic rings. The number of rotatable bonds is 10. The van der Waals surface area contributed by atoms with E-state index in [1.807, 2.05) is 73.1 Å². The Bertz CT molecular complexity index is 1530. The third-order valence-corrected chi connectivity index (χ3v) is 6.14. The van der Waals surface area contributed by atoms with E-state index < -0.39 is 0 Å². The third kappa shape index (κ3) is 4.92. The van der Waals surface area contributed by atoms with E-state index >= 15 is 0 Å². The summed E-state index contributed by atoms with van der Waals surface area (Å²) in [6.45, 7) is 0. The van der Waals surface area contributed by atoms with Crippen LogP contribution in [-0.4, -0.2) is 49.9 Å². The van der Waals surface area contributed by atoms with Gasteiger partial charge in [-0.3, -0.25) is 13.9 Å². The van der Waals surface area contributed by atoms with Gasteiger partial charge in [0.05, 0.1) is 19.3 Å². The Kier molecular flexibility index (Phi) is 6.66. The standard InChI is InChI=1S/C26H27N9O2/c1-27-24-14-19(18-8-10-28-22(13-18)31-23-9-11-30-34(23)2)15-25-32-33-26(35(24)25)21(29-16-36)12-17-4-6-20(37-3)7-5-17/h4-11,13-16,21,27H,12H2,1-3H3,(H,28,31)(H,29,36)/t21-/m1/s1. The molecule has 188 valence electrons. The van der Waals surface area contributed by atoms with Crippen molar-refractivity contribution >= 4 is 29.5 Å². The van der Waals surface area contributed by atoms with Gasteiger partial charge in [-0.15, -0.1) is 10.2 Å². The number of carbonyl (C=O) groups is 1. The number of pyridine rings is 2. The normalized spacial score (nSPS) is 11.8. The van der Waals surface area contributed by atoms with Crippen LogP contribution in [0.1, 0.15) is 17.4 Å². The van der Waals surface area contributed by atoms with Gasteiger partial charge >= 0.3 is 0 Å². The van der Waals surface area contributed by atoms with Gasteiger partial charge in [0.1, 0.15) is 23.2 Å². The summed E-state index contributed by atoms with van der Waals surface area (Å²) < 4.78 is 8.91. The molecule has 1 atom stereocenters. The minimum absolute atomic E-state index is 0.380. The highest BCUT2D eigenvalue weighted by Gasteiger charge is 2.21. The molecule has 4 aromatic heterocycles. The zero-order valence-corrected chi connectivity index (χ0v) is 20.7. The van der Waals surface area contributed by atoms with Gasteiger partial charge in [-0.25, -0.2) is 4.98 Å². The van der Waals surface area contributed by atoms with Gasteiger partial charge < -0.3 is 20.7 Å². The second-order valence-corrected chi connectivity index (χ2v) is 8.42. The smallest absolute Gasteiger partial charge is 0.207 e. The van der Waals surface area contributed by atoms with Crippen LogP contribution in [0.15, 0.2) is 67.0 Å². The molecular weight excluding hydrogens is 470 g/mol. The summed E-state index contributed by atoms with van der Waals surface area (Å²) >= 11 is 0. The Morgan fingerprint density at radius 2 is 1.84 bits per heavy atom.